The Morgan fingerprint density at radius 3 is 2.38 bits per heavy atom. The molecule has 0 aliphatic carbocycles. The van der Waals surface area contributed by atoms with Crippen LogP contribution in [-0.4, -0.2) is 11.4 Å². The lowest BCUT2D eigenvalue weighted by Gasteiger charge is -2.02. The van der Waals surface area contributed by atoms with Gasteiger partial charge in [0.05, 0.1) is 0 Å². The lowest BCUT2D eigenvalue weighted by Crippen LogP contribution is -2.11. The maximum Gasteiger partial charge on any atom is 0.134 e. The third-order valence-electron chi connectivity index (χ3n) is 2.42. The Hall–Kier alpha value is -1.45. The predicted molar refractivity (Wildman–Crippen MR) is 69.6 cm³/mol. The highest BCUT2D eigenvalue weighted by Crippen LogP contribution is 2.22. The van der Waals surface area contributed by atoms with Crippen molar-refractivity contribution in [2.75, 3.05) is 6.54 Å². The zero-order chi connectivity index (χ0) is 11.5. The third kappa shape index (κ3) is 2.21. The second-order valence-corrected chi connectivity index (χ2v) is 4.11. The van der Waals surface area contributed by atoms with E-state index in [1.54, 1.807) is 0 Å². The van der Waals surface area contributed by atoms with Crippen LogP contribution in [0.5, 0.6) is 0 Å². The van der Waals surface area contributed by atoms with Crippen LogP contribution >= 0.6 is 12.2 Å². The fourth-order valence-corrected chi connectivity index (χ4v) is 1.66. The summed E-state index contributed by atoms with van der Waals surface area (Å²) in [6.45, 7) is 2.34. The van der Waals surface area contributed by atoms with Crippen molar-refractivity contribution in [2.45, 2.75) is 6.92 Å². The second kappa shape index (κ2) is 4.60. The molecule has 0 aliphatic heterocycles. The lowest BCUT2D eigenvalue weighted by atomic mass is 10.1. The minimum Gasteiger partial charge on any atom is -0.461 e. The molecule has 0 saturated carbocycles. The first kappa shape index (κ1) is 11.0. The minimum atomic E-state index is 0.411. The van der Waals surface area contributed by atoms with E-state index >= 15 is 0 Å². The Balaban J connectivity index is 2.29. The van der Waals surface area contributed by atoms with E-state index in [1.807, 2.05) is 43.3 Å². The van der Waals surface area contributed by atoms with Gasteiger partial charge < -0.3 is 10.2 Å². The molecule has 2 nitrogen and oxygen atoms in total. The minimum absolute atomic E-state index is 0.411. The third-order valence-corrected chi connectivity index (χ3v) is 2.82. The van der Waals surface area contributed by atoms with Crippen LogP contribution in [0.25, 0.3) is 11.3 Å². The molecule has 3 heteroatoms. The first-order chi connectivity index (χ1) is 7.70. The van der Waals surface area contributed by atoms with Crippen LogP contribution in [0.4, 0.5) is 0 Å². The van der Waals surface area contributed by atoms with Crippen LogP contribution < -0.4 is 5.73 Å². The van der Waals surface area contributed by atoms with Gasteiger partial charge in [-0.2, -0.15) is 0 Å². The van der Waals surface area contributed by atoms with Crippen LogP contribution in [0, 0.1) is 6.92 Å². The van der Waals surface area contributed by atoms with Gasteiger partial charge in [0.25, 0.3) is 0 Å². The molecule has 0 spiro atoms. The van der Waals surface area contributed by atoms with Crippen LogP contribution in [-0.2, 0) is 0 Å². The Kier molecular flexibility index (Phi) is 3.17. The molecule has 0 aliphatic rings. The molecule has 2 N–H and O–H groups in total. The second-order valence-electron chi connectivity index (χ2n) is 3.61. The summed E-state index contributed by atoms with van der Waals surface area (Å²) in [4.78, 5) is 0.780. The van der Waals surface area contributed by atoms with Crippen LogP contribution in [0.1, 0.15) is 11.3 Å². The summed E-state index contributed by atoms with van der Waals surface area (Å²) in [6.07, 6.45) is 0. The molecule has 82 valence electrons. The van der Waals surface area contributed by atoms with Gasteiger partial charge in [0, 0.05) is 17.0 Å². The predicted octanol–water partition coefficient (Wildman–Crippen LogP) is 2.93. The average Bonchev–Trinajstić information content (AvgIpc) is 2.75. The SMILES string of the molecule is Cc1ccc(-c2ccc(C(=S)CN)cc2)o1. The Morgan fingerprint density at radius 1 is 1.19 bits per heavy atom. The van der Waals surface area contributed by atoms with Crippen molar-refractivity contribution in [1.29, 1.82) is 0 Å². The maximum atomic E-state index is 5.54. The van der Waals surface area contributed by atoms with E-state index in [-0.39, 0.29) is 0 Å². The van der Waals surface area contributed by atoms with Gasteiger partial charge in [-0.3, -0.25) is 0 Å². The van der Waals surface area contributed by atoms with Crippen molar-refractivity contribution in [1.82, 2.24) is 0 Å². The molecule has 0 atom stereocenters. The van der Waals surface area contributed by atoms with Crippen LogP contribution in [0.2, 0.25) is 0 Å². The zero-order valence-electron chi connectivity index (χ0n) is 9.07. The first-order valence-electron chi connectivity index (χ1n) is 5.11. The molecular weight excluding hydrogens is 218 g/mol. The van der Waals surface area contributed by atoms with Crippen molar-refractivity contribution in [3.63, 3.8) is 0 Å². The molecule has 16 heavy (non-hydrogen) atoms. The Labute approximate surface area is 100 Å². The quantitative estimate of drug-likeness (QED) is 0.652. The van der Waals surface area contributed by atoms with Gasteiger partial charge in [0.1, 0.15) is 11.5 Å². The number of hydrogen-bond acceptors (Lipinski definition) is 3. The molecule has 0 radical (unpaired) electrons. The van der Waals surface area contributed by atoms with Crippen LogP contribution in [0.15, 0.2) is 40.8 Å². The molecule has 1 aromatic carbocycles. The van der Waals surface area contributed by atoms with Gasteiger partial charge in [-0.25, -0.2) is 0 Å². The molecule has 0 fully saturated rings. The van der Waals surface area contributed by atoms with Gasteiger partial charge in [0.2, 0.25) is 0 Å². The standard InChI is InChI=1S/C13H13NOS/c1-9-2-7-12(15-9)10-3-5-11(6-4-10)13(16)8-14/h2-7H,8,14H2,1H3. The molecular formula is C13H13NOS. The average molecular weight is 231 g/mol. The van der Waals surface area contributed by atoms with Crippen LogP contribution in [0.3, 0.4) is 0 Å². The molecule has 0 unspecified atom stereocenters. The van der Waals surface area contributed by atoms with E-state index < -0.39 is 0 Å². The van der Waals surface area contributed by atoms with E-state index in [0.29, 0.717) is 6.54 Å². The zero-order valence-corrected chi connectivity index (χ0v) is 9.88. The summed E-state index contributed by atoms with van der Waals surface area (Å²) in [5, 5.41) is 0. The Morgan fingerprint density at radius 2 is 1.88 bits per heavy atom. The summed E-state index contributed by atoms with van der Waals surface area (Å²) < 4.78 is 5.54. The summed E-state index contributed by atoms with van der Waals surface area (Å²) in [5.74, 6) is 1.79. The summed E-state index contributed by atoms with van der Waals surface area (Å²) in [7, 11) is 0. The van der Waals surface area contributed by atoms with E-state index in [4.69, 9.17) is 22.4 Å². The highest BCUT2D eigenvalue weighted by molar-refractivity contribution is 7.80. The van der Waals surface area contributed by atoms with Crippen molar-refractivity contribution >= 4 is 17.1 Å². The van der Waals surface area contributed by atoms with Gasteiger partial charge >= 0.3 is 0 Å². The number of thiocarbonyl (C=S) groups is 1. The van der Waals surface area contributed by atoms with Gasteiger partial charge in [-0.1, -0.05) is 36.5 Å². The fraction of sp³-hybridized carbons (Fsp3) is 0.154. The van der Waals surface area contributed by atoms with Crippen molar-refractivity contribution in [3.05, 3.63) is 47.7 Å². The van der Waals surface area contributed by atoms with Crippen molar-refractivity contribution in [3.8, 4) is 11.3 Å². The molecule has 1 aromatic heterocycles. The largest absolute Gasteiger partial charge is 0.461 e. The van der Waals surface area contributed by atoms with Crippen molar-refractivity contribution in [2.24, 2.45) is 5.73 Å². The molecule has 1 heterocycles. The van der Waals surface area contributed by atoms with Gasteiger partial charge in [-0.05, 0) is 24.6 Å². The Bertz CT molecular complexity index is 499. The fourth-order valence-electron chi connectivity index (χ4n) is 1.53. The topological polar surface area (TPSA) is 39.2 Å². The number of rotatable bonds is 3. The highest BCUT2D eigenvalue weighted by Gasteiger charge is 2.03. The summed E-state index contributed by atoms with van der Waals surface area (Å²) in [5.41, 5.74) is 7.55. The van der Waals surface area contributed by atoms with E-state index in [2.05, 4.69) is 0 Å². The number of aryl methyl sites for hydroxylation is 1. The maximum absolute atomic E-state index is 5.54. The number of benzene rings is 1. The van der Waals surface area contributed by atoms with E-state index in [0.717, 1.165) is 27.5 Å². The van der Waals surface area contributed by atoms with Crippen molar-refractivity contribution < 1.29 is 4.42 Å². The number of nitrogens with two attached hydrogens (primary N) is 1. The normalized spacial score (nSPS) is 10.4. The first-order valence-corrected chi connectivity index (χ1v) is 5.51. The molecule has 0 saturated heterocycles. The summed E-state index contributed by atoms with van der Waals surface area (Å²) in [6, 6.07) is 11.9. The smallest absolute Gasteiger partial charge is 0.134 e. The number of furan rings is 1. The molecule has 2 aromatic rings. The monoisotopic (exact) mass is 231 g/mol. The molecule has 0 bridgehead atoms. The highest BCUT2D eigenvalue weighted by atomic mass is 32.1. The van der Waals surface area contributed by atoms with E-state index in [1.165, 1.54) is 0 Å². The molecule has 2 rings (SSSR count). The number of hydrogen-bond donors (Lipinski definition) is 1. The summed E-state index contributed by atoms with van der Waals surface area (Å²) >= 11 is 5.14. The molecule has 0 amide bonds. The van der Waals surface area contributed by atoms with Gasteiger partial charge in [0.15, 0.2) is 0 Å². The van der Waals surface area contributed by atoms with Gasteiger partial charge in [-0.15, -0.1) is 0 Å². The lowest BCUT2D eigenvalue weighted by molar-refractivity contribution is 0.548. The van der Waals surface area contributed by atoms with E-state index in [9.17, 15) is 0 Å².